The second-order valence-corrected chi connectivity index (χ2v) is 10.2. The van der Waals surface area contributed by atoms with E-state index in [1.54, 1.807) is 13.0 Å². The second-order valence-electron chi connectivity index (χ2n) is 10.2. The number of nitrogens with one attached hydrogen (secondary N) is 2. The summed E-state index contributed by atoms with van der Waals surface area (Å²) >= 11 is 0. The number of ether oxygens (including phenoxy) is 2. The third-order valence-corrected chi connectivity index (χ3v) is 7.26. The molecule has 0 saturated carbocycles. The molecule has 2 aliphatic heterocycles. The van der Waals surface area contributed by atoms with E-state index in [9.17, 15) is 0 Å². The van der Waals surface area contributed by atoms with Gasteiger partial charge in [0.2, 0.25) is 0 Å². The van der Waals surface area contributed by atoms with Gasteiger partial charge in [0, 0.05) is 42.1 Å². The number of anilines is 3. The van der Waals surface area contributed by atoms with E-state index >= 15 is 0 Å². The number of piperidine rings is 1. The van der Waals surface area contributed by atoms with Crippen LogP contribution in [0, 0.1) is 26.2 Å². The van der Waals surface area contributed by atoms with Crippen molar-refractivity contribution in [2.24, 2.45) is 0 Å². The number of aldehydes is 1. The minimum atomic E-state index is 0.403. The lowest BCUT2D eigenvalue weighted by Crippen LogP contribution is -2.36. The molecular weight excluding hydrogens is 516 g/mol. The summed E-state index contributed by atoms with van der Waals surface area (Å²) in [7, 11) is 3.67. The first-order valence-electron chi connectivity index (χ1n) is 14.8. The lowest BCUT2D eigenvalue weighted by atomic mass is 9.92. The summed E-state index contributed by atoms with van der Waals surface area (Å²) in [5, 5.41) is 6.59. The van der Waals surface area contributed by atoms with Gasteiger partial charge in [-0.05, 0) is 90.8 Å². The number of aryl methyl sites for hydroxylation is 1. The minimum absolute atomic E-state index is 0.403. The van der Waals surface area contributed by atoms with Crippen molar-refractivity contribution in [3.63, 3.8) is 0 Å². The Morgan fingerprint density at radius 1 is 1.17 bits per heavy atom. The molecule has 2 fully saturated rings. The summed E-state index contributed by atoms with van der Waals surface area (Å²) in [6.07, 6.45) is 11.5. The molecule has 2 aromatic rings. The standard InChI is InChI=1S/C25H37N5O2.C4H11N.C3H2O/c1-5-10-29-11-7-20(8-12-29)21-17-22(24(31-4)19(3)27-21)28-25-18(2)23(6-9-26-25)30-13-15-32-16-14-30;1-3-4-5-2;1-2-3-4/h6,9,17,20H,5,7-8,10-16H2,1-4H3,(H,26,27,28);5H,3-4H2,1-2H3;1,3H. The van der Waals surface area contributed by atoms with Crippen LogP contribution in [0.5, 0.6) is 5.75 Å². The van der Waals surface area contributed by atoms with E-state index in [0.29, 0.717) is 12.2 Å². The summed E-state index contributed by atoms with van der Waals surface area (Å²) in [5.74, 6) is 3.89. The Balaban J connectivity index is 0.000000571. The number of terminal acetylenes is 1. The zero-order valence-electron chi connectivity index (χ0n) is 26.0. The van der Waals surface area contributed by atoms with Gasteiger partial charge in [-0.25, -0.2) is 4.98 Å². The summed E-state index contributed by atoms with van der Waals surface area (Å²) in [4.78, 5) is 23.5. The molecule has 0 aromatic carbocycles. The van der Waals surface area contributed by atoms with Gasteiger partial charge in [0.25, 0.3) is 0 Å². The molecule has 0 aliphatic carbocycles. The maximum absolute atomic E-state index is 8.94. The summed E-state index contributed by atoms with van der Waals surface area (Å²) in [6.45, 7) is 16.5. The number of methoxy groups -OCH3 is 1. The van der Waals surface area contributed by atoms with E-state index in [4.69, 9.17) is 19.3 Å². The predicted octanol–water partition coefficient (Wildman–Crippen LogP) is 4.71. The molecule has 4 heterocycles. The monoisotopic (exact) mass is 566 g/mol. The fraction of sp³-hybridized carbons (Fsp3) is 0.594. The van der Waals surface area contributed by atoms with Gasteiger partial charge in [-0.15, -0.1) is 6.42 Å². The molecule has 226 valence electrons. The number of rotatable bonds is 9. The average Bonchev–Trinajstić information content (AvgIpc) is 3.00. The Morgan fingerprint density at radius 3 is 2.39 bits per heavy atom. The molecule has 0 radical (unpaired) electrons. The average molecular weight is 567 g/mol. The van der Waals surface area contributed by atoms with Crippen molar-refractivity contribution in [3.8, 4) is 18.1 Å². The zero-order valence-corrected chi connectivity index (χ0v) is 26.0. The van der Waals surface area contributed by atoms with Gasteiger partial charge in [0.1, 0.15) is 5.82 Å². The highest BCUT2D eigenvalue weighted by molar-refractivity contribution is 5.72. The van der Waals surface area contributed by atoms with E-state index in [2.05, 4.69) is 64.7 Å². The number of morpholine rings is 1. The Labute approximate surface area is 247 Å². The van der Waals surface area contributed by atoms with E-state index in [-0.39, 0.29) is 0 Å². The lowest BCUT2D eigenvalue weighted by Gasteiger charge is -2.32. The Morgan fingerprint density at radius 2 is 1.85 bits per heavy atom. The molecule has 2 aliphatic rings. The van der Waals surface area contributed by atoms with E-state index < -0.39 is 0 Å². The smallest absolute Gasteiger partial charge is 0.192 e. The fourth-order valence-electron chi connectivity index (χ4n) is 5.19. The molecular formula is C32H50N6O3. The van der Waals surface area contributed by atoms with Gasteiger partial charge in [-0.1, -0.05) is 13.8 Å². The van der Waals surface area contributed by atoms with Crippen LogP contribution >= 0.6 is 0 Å². The molecule has 0 spiro atoms. The van der Waals surface area contributed by atoms with Gasteiger partial charge in [0.15, 0.2) is 12.0 Å². The van der Waals surface area contributed by atoms with Crippen LogP contribution in [0.15, 0.2) is 18.3 Å². The zero-order chi connectivity index (χ0) is 30.0. The highest BCUT2D eigenvalue weighted by atomic mass is 16.5. The van der Waals surface area contributed by atoms with Gasteiger partial charge < -0.3 is 29.9 Å². The lowest BCUT2D eigenvalue weighted by molar-refractivity contribution is -0.103. The highest BCUT2D eigenvalue weighted by Gasteiger charge is 2.24. The van der Waals surface area contributed by atoms with E-state index in [1.807, 2.05) is 20.2 Å². The molecule has 0 atom stereocenters. The molecule has 41 heavy (non-hydrogen) atoms. The number of likely N-dealkylation sites (tertiary alicyclic amines) is 1. The molecule has 2 N–H and O–H groups in total. The molecule has 2 aromatic heterocycles. The molecule has 0 amide bonds. The van der Waals surface area contributed by atoms with Crippen molar-refractivity contribution in [1.29, 1.82) is 0 Å². The number of carbonyl (C=O) groups is 1. The predicted molar refractivity (Wildman–Crippen MR) is 169 cm³/mol. The van der Waals surface area contributed by atoms with E-state index in [1.165, 1.54) is 25.1 Å². The minimum Gasteiger partial charge on any atom is -0.493 e. The maximum atomic E-state index is 8.94. The van der Waals surface area contributed by atoms with Gasteiger partial charge in [-0.2, -0.15) is 0 Å². The number of carbonyl (C=O) groups excluding carboxylic acids is 1. The summed E-state index contributed by atoms with van der Waals surface area (Å²) < 4.78 is 11.3. The summed E-state index contributed by atoms with van der Waals surface area (Å²) in [5.41, 5.74) is 5.37. The molecule has 9 heteroatoms. The van der Waals surface area contributed by atoms with Crippen molar-refractivity contribution in [2.45, 2.75) is 59.3 Å². The van der Waals surface area contributed by atoms with Crippen molar-refractivity contribution >= 4 is 23.5 Å². The number of hydrogen-bond acceptors (Lipinski definition) is 9. The van der Waals surface area contributed by atoms with Crippen LogP contribution in [0.1, 0.15) is 62.4 Å². The van der Waals surface area contributed by atoms with Crippen molar-refractivity contribution < 1.29 is 14.3 Å². The number of nitrogens with zero attached hydrogens (tertiary/aromatic N) is 4. The highest BCUT2D eigenvalue weighted by Crippen LogP contribution is 2.37. The van der Waals surface area contributed by atoms with Crippen molar-refractivity contribution in [1.82, 2.24) is 20.2 Å². The Hall–Kier alpha value is -3.19. The quantitative estimate of drug-likeness (QED) is 0.331. The van der Waals surface area contributed by atoms with Crippen LogP contribution in [0.3, 0.4) is 0 Å². The van der Waals surface area contributed by atoms with Crippen LogP contribution in [-0.2, 0) is 9.53 Å². The van der Waals surface area contributed by atoms with Crippen molar-refractivity contribution in [2.75, 3.05) is 76.9 Å². The molecule has 2 saturated heterocycles. The number of aromatic nitrogens is 2. The van der Waals surface area contributed by atoms with E-state index in [0.717, 1.165) is 93.0 Å². The van der Waals surface area contributed by atoms with Gasteiger partial charge in [0.05, 0.1) is 31.7 Å². The van der Waals surface area contributed by atoms with Crippen LogP contribution in [0.4, 0.5) is 17.2 Å². The molecule has 9 nitrogen and oxygen atoms in total. The fourth-order valence-corrected chi connectivity index (χ4v) is 5.19. The van der Waals surface area contributed by atoms with Crippen LogP contribution < -0.4 is 20.3 Å². The number of pyridine rings is 2. The topological polar surface area (TPSA) is 91.9 Å². The van der Waals surface area contributed by atoms with Gasteiger partial charge >= 0.3 is 0 Å². The SMILES string of the molecule is C#CC=O.CCCN1CCC(c2cc(Nc3nccc(N4CCOCC4)c3C)c(OC)c(C)n2)CC1.CCCNC. The second kappa shape index (κ2) is 19.0. The Kier molecular flexibility index (Phi) is 15.8. The summed E-state index contributed by atoms with van der Waals surface area (Å²) in [6, 6.07) is 4.27. The molecule has 4 rings (SSSR count). The van der Waals surface area contributed by atoms with Gasteiger partial charge in [-0.3, -0.25) is 9.78 Å². The van der Waals surface area contributed by atoms with Crippen LogP contribution in [-0.4, -0.2) is 87.8 Å². The largest absolute Gasteiger partial charge is 0.493 e. The Bertz CT molecular complexity index is 1090. The van der Waals surface area contributed by atoms with Crippen molar-refractivity contribution in [3.05, 3.63) is 35.3 Å². The first-order chi connectivity index (χ1) is 19.9. The molecule has 0 unspecified atom stereocenters. The number of hydrogen-bond donors (Lipinski definition) is 2. The maximum Gasteiger partial charge on any atom is 0.192 e. The molecule has 0 bridgehead atoms. The normalized spacial score (nSPS) is 15.5. The first-order valence-corrected chi connectivity index (χ1v) is 14.8. The third-order valence-electron chi connectivity index (χ3n) is 7.26. The third kappa shape index (κ3) is 10.6. The first kappa shape index (κ1) is 34.0. The van der Waals surface area contributed by atoms with Crippen LogP contribution in [0.25, 0.3) is 0 Å². The van der Waals surface area contributed by atoms with Crippen LogP contribution in [0.2, 0.25) is 0 Å².